The van der Waals surface area contributed by atoms with Gasteiger partial charge in [-0.3, -0.25) is 0 Å². The molecule has 0 aromatic carbocycles. The average Bonchev–Trinajstić information content (AvgIpc) is 2.77. The molecule has 0 fully saturated rings. The summed E-state index contributed by atoms with van der Waals surface area (Å²) in [5, 5.41) is 0. The Bertz CT molecular complexity index is 789. The van der Waals surface area contributed by atoms with Crippen LogP contribution in [-0.4, -0.2) is 76.2 Å². The van der Waals surface area contributed by atoms with Crippen LogP contribution in [0.15, 0.2) is 20.0 Å². The third-order valence-electron chi connectivity index (χ3n) is 5.24. The fourth-order valence-corrected chi connectivity index (χ4v) is 3.51. The maximum atomic E-state index is 5.49. The van der Waals surface area contributed by atoms with Crippen LogP contribution in [0.3, 0.4) is 0 Å². The first-order valence-electron chi connectivity index (χ1n) is 10.8. The van der Waals surface area contributed by atoms with Gasteiger partial charge in [0.25, 0.3) is 0 Å². The number of rotatable bonds is 5. The molecule has 0 aromatic heterocycles. The molecule has 172 valence electrons. The number of hydrogen-bond acceptors (Lipinski definition) is 8. The summed E-state index contributed by atoms with van der Waals surface area (Å²) in [6.07, 6.45) is 1.87. The van der Waals surface area contributed by atoms with Gasteiger partial charge < -0.3 is 18.9 Å². The van der Waals surface area contributed by atoms with E-state index in [1.54, 1.807) is 28.4 Å². The molecule has 0 saturated carbocycles. The van der Waals surface area contributed by atoms with Crippen LogP contribution in [0.5, 0.6) is 0 Å². The van der Waals surface area contributed by atoms with Crippen molar-refractivity contribution in [1.82, 2.24) is 0 Å². The highest BCUT2D eigenvalue weighted by Crippen LogP contribution is 2.20. The van der Waals surface area contributed by atoms with E-state index >= 15 is 0 Å². The Morgan fingerprint density at radius 2 is 1.10 bits per heavy atom. The quantitative estimate of drug-likeness (QED) is 0.625. The Morgan fingerprint density at radius 1 is 0.645 bits per heavy atom. The van der Waals surface area contributed by atoms with Gasteiger partial charge in [-0.05, 0) is 18.3 Å². The molecule has 0 amide bonds. The molecule has 8 heteroatoms. The van der Waals surface area contributed by atoms with E-state index in [9.17, 15) is 0 Å². The zero-order chi connectivity index (χ0) is 23.0. The van der Waals surface area contributed by atoms with Crippen LogP contribution >= 0.6 is 0 Å². The molecule has 0 saturated heterocycles. The number of aliphatic imine (C=N–C) groups is 4. The van der Waals surface area contributed by atoms with Crippen molar-refractivity contribution in [3.05, 3.63) is 0 Å². The number of methoxy groups -OCH3 is 4. The smallest absolute Gasteiger partial charge is 0.210 e. The zero-order valence-electron chi connectivity index (χ0n) is 20.0. The third-order valence-corrected chi connectivity index (χ3v) is 5.24. The first-order chi connectivity index (χ1) is 14.9. The summed E-state index contributed by atoms with van der Waals surface area (Å²) in [6, 6.07) is -0.661. The van der Waals surface area contributed by atoms with Crippen LogP contribution in [0.25, 0.3) is 0 Å². The van der Waals surface area contributed by atoms with E-state index in [-0.39, 0.29) is 36.0 Å². The lowest BCUT2D eigenvalue weighted by molar-refractivity contribution is 0.331. The van der Waals surface area contributed by atoms with Crippen molar-refractivity contribution in [1.29, 1.82) is 0 Å². The molecule has 8 nitrogen and oxygen atoms in total. The molecule has 2 rings (SSSR count). The summed E-state index contributed by atoms with van der Waals surface area (Å²) in [6.45, 7) is 8.34. The largest absolute Gasteiger partial charge is 0.483 e. The highest BCUT2D eigenvalue weighted by molar-refractivity contribution is 5.94. The molecule has 0 aliphatic carbocycles. The minimum absolute atomic E-state index is 0.108. The topological polar surface area (TPSA) is 86.4 Å². The number of hydrogen-bond donors (Lipinski definition) is 0. The number of nitrogens with zero attached hydrogens (tertiary/aromatic N) is 4. The van der Waals surface area contributed by atoms with Gasteiger partial charge in [-0.2, -0.15) is 0 Å². The maximum absolute atomic E-state index is 5.49. The molecule has 2 aliphatic heterocycles. The van der Waals surface area contributed by atoms with Crippen molar-refractivity contribution in [3.8, 4) is 11.8 Å². The molecule has 0 spiro atoms. The van der Waals surface area contributed by atoms with Gasteiger partial charge in [0.15, 0.2) is 0 Å². The summed E-state index contributed by atoms with van der Waals surface area (Å²) in [4.78, 5) is 18.7. The summed E-state index contributed by atoms with van der Waals surface area (Å²) in [5.74, 6) is 9.49. The fourth-order valence-electron chi connectivity index (χ4n) is 3.51. The molecule has 0 N–H and O–H groups in total. The molecular weight excluding hydrogens is 396 g/mol. The van der Waals surface area contributed by atoms with Crippen LogP contribution in [0.2, 0.25) is 0 Å². The first kappa shape index (κ1) is 24.7. The predicted molar refractivity (Wildman–Crippen MR) is 124 cm³/mol. The molecule has 0 aromatic rings. The van der Waals surface area contributed by atoms with E-state index in [4.69, 9.17) is 28.9 Å². The van der Waals surface area contributed by atoms with Crippen molar-refractivity contribution in [2.75, 3.05) is 28.4 Å². The predicted octanol–water partition coefficient (Wildman–Crippen LogP) is 3.15. The Morgan fingerprint density at radius 3 is 1.55 bits per heavy atom. The van der Waals surface area contributed by atoms with Crippen LogP contribution in [0, 0.1) is 23.7 Å². The lowest BCUT2D eigenvalue weighted by atomic mass is 10.0. The molecule has 0 bridgehead atoms. The third kappa shape index (κ3) is 6.22. The summed E-state index contributed by atoms with van der Waals surface area (Å²) >= 11 is 0. The average molecular weight is 433 g/mol. The summed E-state index contributed by atoms with van der Waals surface area (Å²) < 4.78 is 21.9. The van der Waals surface area contributed by atoms with Crippen LogP contribution in [-0.2, 0) is 18.9 Å². The van der Waals surface area contributed by atoms with Gasteiger partial charge in [-0.25, -0.2) is 20.0 Å². The van der Waals surface area contributed by atoms with E-state index in [2.05, 4.69) is 49.5 Å². The minimum Gasteiger partial charge on any atom is -0.483 e. The van der Waals surface area contributed by atoms with E-state index in [1.165, 1.54) is 0 Å². The second-order valence-electron chi connectivity index (χ2n) is 8.19. The van der Waals surface area contributed by atoms with Gasteiger partial charge in [0, 0.05) is 12.8 Å². The fraction of sp³-hybridized carbons (Fsp3) is 0.739. The van der Waals surface area contributed by atoms with Crippen LogP contribution in [0.1, 0.15) is 47.0 Å². The second kappa shape index (κ2) is 11.7. The highest BCUT2D eigenvalue weighted by Gasteiger charge is 2.31. The first-order valence-corrected chi connectivity index (χ1v) is 10.8. The standard InChI is InChI=1S/C23H36N4O4/c1-14(2)18-22(30-7)24-16(20(26-18)28-5)12-10-9-11-13-17-21(29-6)27-19(15(3)4)23(25-17)31-8/h14-19H,10,12-13H2,1-8H3/t16-,17-,18+,19+/m0/s1. The molecule has 0 radical (unpaired) electrons. The van der Waals surface area contributed by atoms with Crippen molar-refractivity contribution in [2.24, 2.45) is 31.8 Å². The SMILES string of the molecule is COC1=N[C@H](C(C)C)C(OC)=N[C@H]1CC#CCC[C@@H]1N=C(OC)[C@@H](C(C)C)N=C1OC. The molecule has 2 aliphatic rings. The maximum Gasteiger partial charge on any atom is 0.210 e. The lowest BCUT2D eigenvalue weighted by Gasteiger charge is -2.26. The molecule has 2 heterocycles. The Balaban J connectivity index is 2.00. The van der Waals surface area contributed by atoms with Crippen molar-refractivity contribution in [2.45, 2.75) is 71.1 Å². The Kier molecular flexibility index (Phi) is 9.35. The van der Waals surface area contributed by atoms with Crippen LogP contribution < -0.4 is 0 Å². The van der Waals surface area contributed by atoms with Gasteiger partial charge >= 0.3 is 0 Å². The summed E-state index contributed by atoms with van der Waals surface area (Å²) in [7, 11) is 6.51. The van der Waals surface area contributed by atoms with E-state index in [0.717, 1.165) is 0 Å². The monoisotopic (exact) mass is 432 g/mol. The van der Waals surface area contributed by atoms with E-state index in [0.29, 0.717) is 42.9 Å². The normalized spacial score (nSPS) is 25.6. The second-order valence-corrected chi connectivity index (χ2v) is 8.19. The zero-order valence-corrected chi connectivity index (χ0v) is 20.0. The minimum atomic E-state index is -0.252. The van der Waals surface area contributed by atoms with Gasteiger partial charge in [0.05, 0.1) is 28.4 Å². The molecule has 0 unspecified atom stereocenters. The van der Waals surface area contributed by atoms with Gasteiger partial charge in [-0.15, -0.1) is 11.8 Å². The molecular formula is C23H36N4O4. The van der Waals surface area contributed by atoms with Crippen molar-refractivity contribution in [3.63, 3.8) is 0 Å². The van der Waals surface area contributed by atoms with Gasteiger partial charge in [0.1, 0.15) is 24.2 Å². The van der Waals surface area contributed by atoms with Gasteiger partial charge in [-0.1, -0.05) is 27.7 Å². The Hall–Kier alpha value is -2.56. The van der Waals surface area contributed by atoms with Gasteiger partial charge in [0.2, 0.25) is 23.6 Å². The molecule has 31 heavy (non-hydrogen) atoms. The van der Waals surface area contributed by atoms with E-state index < -0.39 is 0 Å². The highest BCUT2D eigenvalue weighted by atomic mass is 16.5. The van der Waals surface area contributed by atoms with Crippen molar-refractivity contribution >= 4 is 23.6 Å². The lowest BCUT2D eigenvalue weighted by Crippen LogP contribution is -2.37. The van der Waals surface area contributed by atoms with Crippen molar-refractivity contribution < 1.29 is 18.9 Å². The Labute approximate surface area is 186 Å². The van der Waals surface area contributed by atoms with E-state index in [1.807, 2.05) is 0 Å². The molecule has 4 atom stereocenters. The summed E-state index contributed by atoms with van der Waals surface area (Å²) in [5.41, 5.74) is 0. The number of ether oxygens (including phenoxy) is 4. The van der Waals surface area contributed by atoms with Crippen LogP contribution in [0.4, 0.5) is 0 Å².